The molecule has 0 bridgehead atoms. The standard InChI is InChI=1S/C12H6FN2.C12H9N2.C10H10N2.C10H9N2.C9H7N2.C9H6N2.5Ir/c1-14-12-8-9(5-6-10(12)13)11-4-2-3-7-15-11;1-2-9-4-5-13-6-7-14-8-10(3-1)11(9)12(13)14;1-11-7-8-12(9-11)10-5-3-2-4-6-10;1-12-8-7-11-10(12)9-5-3-2-4-6-9;1-2-5-9(6-3-1)11-8-4-7-10-11;1-2-4-8(5-3-1)9-6-10-7-11-9;;;;;/h2-4,6-8H;1-7H,8H2;2-5,7-9H,1H3;2-5,7-8H,1H3;1-5,7-8H;1-4,7H,(H,10,11);;;;;/q-1;+1;-2;2*-1;-2;;;;;. The van der Waals surface area contributed by atoms with Gasteiger partial charge in [-0.2, -0.15) is 84.6 Å². The van der Waals surface area contributed by atoms with Crippen LogP contribution in [0.3, 0.4) is 0 Å². The van der Waals surface area contributed by atoms with Gasteiger partial charge in [-0.15, -0.1) is 89.4 Å². The Hall–Kier alpha value is -6.94. The summed E-state index contributed by atoms with van der Waals surface area (Å²) in [6.07, 6.45) is 23.8. The van der Waals surface area contributed by atoms with E-state index in [-0.39, 0.29) is 106 Å². The Balaban J connectivity index is 0.000000205. The summed E-state index contributed by atoms with van der Waals surface area (Å²) in [7, 11) is 3.97. The molecule has 2 aliphatic rings. The van der Waals surface area contributed by atoms with Crippen molar-refractivity contribution in [2.45, 2.75) is 6.54 Å². The van der Waals surface area contributed by atoms with E-state index >= 15 is 0 Å². The van der Waals surface area contributed by atoms with Gasteiger partial charge in [0, 0.05) is 150 Å². The van der Waals surface area contributed by atoms with Crippen LogP contribution in [0.2, 0.25) is 0 Å². The first-order chi connectivity index (χ1) is 36.9. The van der Waals surface area contributed by atoms with Gasteiger partial charge in [-0.3, -0.25) is 18.9 Å². The first kappa shape index (κ1) is 65.6. The van der Waals surface area contributed by atoms with Gasteiger partial charge in [0.1, 0.15) is 24.6 Å². The van der Waals surface area contributed by atoms with Gasteiger partial charge in [-0.1, -0.05) is 30.3 Å². The number of benzene rings is 6. The summed E-state index contributed by atoms with van der Waals surface area (Å²) in [5.41, 5.74) is 9.02. The van der Waals surface area contributed by atoms with Crippen molar-refractivity contribution in [3.8, 4) is 39.6 Å². The van der Waals surface area contributed by atoms with Crippen LogP contribution < -0.4 is 9.47 Å². The third-order valence-electron chi connectivity index (χ3n) is 11.4. The number of pyridine rings is 2. The van der Waals surface area contributed by atoms with Crippen LogP contribution in [-0.2, 0) is 114 Å². The Morgan fingerprint density at radius 1 is 0.662 bits per heavy atom. The van der Waals surface area contributed by atoms with Crippen LogP contribution in [-0.4, -0.2) is 50.6 Å². The van der Waals surface area contributed by atoms with Crippen LogP contribution in [0.15, 0.2) is 226 Å². The fourth-order valence-corrected chi connectivity index (χ4v) is 7.83. The first-order valence-electron chi connectivity index (χ1n) is 23.6. The number of para-hydroxylation sites is 2. The smallest absolute Gasteiger partial charge is 0.294 e. The Morgan fingerprint density at radius 3 is 1.96 bits per heavy atom. The van der Waals surface area contributed by atoms with Crippen LogP contribution in [0.1, 0.15) is 5.56 Å². The number of rotatable bonds is 5. The summed E-state index contributed by atoms with van der Waals surface area (Å²) in [6.45, 7) is 9.82. The molecule has 14 rings (SSSR count). The van der Waals surface area contributed by atoms with E-state index < -0.39 is 5.82 Å². The van der Waals surface area contributed by atoms with E-state index in [1.165, 1.54) is 28.0 Å². The number of anilines is 1. The third kappa shape index (κ3) is 17.5. The van der Waals surface area contributed by atoms with E-state index in [2.05, 4.69) is 118 Å². The van der Waals surface area contributed by atoms with E-state index in [0.29, 0.717) is 11.3 Å². The second kappa shape index (κ2) is 33.6. The molecule has 0 spiro atoms. The summed E-state index contributed by atoms with van der Waals surface area (Å²) >= 11 is 0. The molecule has 0 saturated carbocycles. The number of aromatic nitrogens is 9. The molecular formula is C62H47FIr5N12-6. The second-order valence-electron chi connectivity index (χ2n) is 16.5. The Kier molecular flexibility index (Phi) is 27.5. The van der Waals surface area contributed by atoms with E-state index in [1.54, 1.807) is 41.7 Å². The van der Waals surface area contributed by atoms with Crippen molar-refractivity contribution < 1.29 is 109 Å². The van der Waals surface area contributed by atoms with Gasteiger partial charge in [0.15, 0.2) is 0 Å². The number of H-pyrrole nitrogens is 1. The first-order valence-corrected chi connectivity index (χ1v) is 23.6. The zero-order valence-electron chi connectivity index (χ0n) is 42.6. The molecule has 0 saturated heterocycles. The van der Waals surface area contributed by atoms with Crippen molar-refractivity contribution in [1.82, 2.24) is 43.6 Å². The van der Waals surface area contributed by atoms with Crippen molar-refractivity contribution in [3.63, 3.8) is 0 Å². The average molecular weight is 1940 g/mol. The summed E-state index contributed by atoms with van der Waals surface area (Å²) in [5, 5.41) is 6.84. The van der Waals surface area contributed by atoms with E-state index in [9.17, 15) is 4.39 Å². The van der Waals surface area contributed by atoms with Crippen LogP contribution in [0.25, 0.3) is 60.9 Å². The molecule has 12 aromatic rings. The number of hydrogen-bond acceptors (Lipinski definition) is 6. The van der Waals surface area contributed by atoms with Gasteiger partial charge in [0.2, 0.25) is 0 Å². The molecule has 0 aliphatic carbocycles. The number of aromatic amines is 1. The number of halogens is 1. The van der Waals surface area contributed by atoms with Crippen molar-refractivity contribution in [3.05, 3.63) is 292 Å². The molecule has 12 nitrogen and oxygen atoms in total. The number of nitrogens with one attached hydrogen (secondary N) is 1. The molecule has 0 atom stereocenters. The van der Waals surface area contributed by atoms with Crippen LogP contribution in [0.4, 0.5) is 15.8 Å². The zero-order chi connectivity index (χ0) is 51.6. The second-order valence-corrected chi connectivity index (χ2v) is 16.5. The molecule has 0 amide bonds. The molecule has 413 valence electrons. The predicted octanol–water partition coefficient (Wildman–Crippen LogP) is 12.0. The maximum absolute atomic E-state index is 13.0. The largest absolute Gasteiger partial charge is 0.510 e. The molecule has 80 heavy (non-hydrogen) atoms. The minimum atomic E-state index is -0.551. The molecule has 6 aromatic heterocycles. The van der Waals surface area contributed by atoms with Gasteiger partial charge in [0.25, 0.3) is 5.65 Å². The molecule has 8 heterocycles. The molecule has 5 radical (unpaired) electrons. The Bertz CT molecular complexity index is 3660. The van der Waals surface area contributed by atoms with Crippen molar-refractivity contribution in [2.75, 3.05) is 11.9 Å². The molecule has 18 heteroatoms. The predicted molar refractivity (Wildman–Crippen MR) is 289 cm³/mol. The van der Waals surface area contributed by atoms with E-state index in [1.807, 2.05) is 169 Å². The van der Waals surface area contributed by atoms with Crippen molar-refractivity contribution >= 4 is 27.8 Å². The summed E-state index contributed by atoms with van der Waals surface area (Å²) in [5.74, 6) is 0.403. The molecule has 6 aromatic carbocycles. The van der Waals surface area contributed by atoms with Crippen molar-refractivity contribution in [1.29, 1.82) is 0 Å². The molecule has 0 unspecified atom stereocenters. The molecule has 1 N–H and O–H groups in total. The summed E-state index contributed by atoms with van der Waals surface area (Å²) < 4.78 is 21.3. The zero-order valence-corrected chi connectivity index (χ0v) is 54.6. The fourth-order valence-electron chi connectivity index (χ4n) is 7.83. The van der Waals surface area contributed by atoms with Gasteiger partial charge in [-0.05, 0) is 60.7 Å². The fraction of sp³-hybridized carbons (Fsp3) is 0.0484. The SMILES string of the molecule is CN1C=CN(c2[c-]cccc2)[CH-]1.Cn1ccnc1-c1[c-]cccc1.[C-]#[N+]c1cc(-c2ccccn2)[c-]cc1F.[Ir].[Ir].[Ir].[Ir].[Ir].[c-]1ccccc1-c1[c-]nc[nH]1.[c-]1ccccc1-n1cccn1.c1cc2c3c(c1)ccn1cc[n+](c31)C2. The topological polar surface area (TPSA) is 96.3 Å². The number of aryl methyl sites for hydroxylation is 1. The third-order valence-corrected chi connectivity index (χ3v) is 11.4. The van der Waals surface area contributed by atoms with Gasteiger partial charge in [-0.25, -0.2) is 20.6 Å². The van der Waals surface area contributed by atoms with Gasteiger partial charge >= 0.3 is 0 Å². The quantitative estimate of drug-likeness (QED) is 0.136. The van der Waals surface area contributed by atoms with Gasteiger partial charge in [0.05, 0.1) is 24.0 Å². The summed E-state index contributed by atoms with van der Waals surface area (Å²) in [6, 6.07) is 65.0. The van der Waals surface area contributed by atoms with Crippen LogP contribution >= 0.6 is 0 Å². The number of nitrogens with zero attached hydrogens (tertiary/aromatic N) is 11. The Labute approximate surface area is 533 Å². The minimum absolute atomic E-state index is 0. The molecule has 0 fully saturated rings. The average Bonchev–Trinajstić information content (AvgIpc) is 4.54. The molecule has 2 aliphatic heterocycles. The van der Waals surface area contributed by atoms with Crippen molar-refractivity contribution in [2.24, 2.45) is 7.05 Å². The minimum Gasteiger partial charge on any atom is -0.510 e. The monoisotopic (exact) mass is 1940 g/mol. The number of hydrogen-bond donors (Lipinski definition) is 1. The van der Waals surface area contributed by atoms with Crippen LogP contribution in [0.5, 0.6) is 0 Å². The maximum Gasteiger partial charge on any atom is 0.294 e. The number of imidazole rings is 3. The van der Waals surface area contributed by atoms with Gasteiger partial charge < -0.3 is 29.3 Å². The Morgan fingerprint density at radius 2 is 1.38 bits per heavy atom. The van der Waals surface area contributed by atoms with E-state index in [0.717, 1.165) is 46.6 Å². The summed E-state index contributed by atoms with van der Waals surface area (Å²) in [4.78, 5) is 22.2. The maximum atomic E-state index is 13.0. The molecular weight excluding hydrogens is 1890 g/mol. The normalized spacial score (nSPS) is 10.7. The van der Waals surface area contributed by atoms with E-state index in [4.69, 9.17) is 6.57 Å². The van der Waals surface area contributed by atoms with Crippen LogP contribution in [0, 0.1) is 55.6 Å².